The van der Waals surface area contributed by atoms with Crippen molar-refractivity contribution in [1.29, 1.82) is 0 Å². The number of nitrogens with one attached hydrogen (secondary N) is 1. The Kier molecular flexibility index (Phi) is 7.02. The third-order valence-corrected chi connectivity index (χ3v) is 3.20. The van der Waals surface area contributed by atoms with E-state index in [0.717, 1.165) is 5.56 Å². The van der Waals surface area contributed by atoms with Crippen molar-refractivity contribution in [3.63, 3.8) is 0 Å². The molecule has 0 spiro atoms. The molecule has 0 saturated carbocycles. The van der Waals surface area contributed by atoms with Crippen molar-refractivity contribution in [3.05, 3.63) is 23.8 Å². The SMILES string of the molecule is CCOc1cccc(CNC(C(=O)OC)C(C)C)c1OC. The van der Waals surface area contributed by atoms with Crippen molar-refractivity contribution in [2.75, 3.05) is 20.8 Å². The number of para-hydroxylation sites is 1. The maximum atomic E-state index is 11.8. The molecule has 0 saturated heterocycles. The first-order valence-electron chi connectivity index (χ1n) is 7.15. The highest BCUT2D eigenvalue weighted by molar-refractivity contribution is 5.75. The molecule has 0 bridgehead atoms. The van der Waals surface area contributed by atoms with Crippen molar-refractivity contribution < 1.29 is 19.0 Å². The van der Waals surface area contributed by atoms with E-state index in [1.165, 1.54) is 7.11 Å². The molecule has 1 aromatic rings. The van der Waals surface area contributed by atoms with Crippen molar-refractivity contribution in [1.82, 2.24) is 5.32 Å². The Hall–Kier alpha value is -1.75. The van der Waals surface area contributed by atoms with Crippen molar-refractivity contribution in [2.45, 2.75) is 33.4 Å². The summed E-state index contributed by atoms with van der Waals surface area (Å²) in [6.07, 6.45) is 0. The zero-order valence-corrected chi connectivity index (χ0v) is 13.4. The van der Waals surface area contributed by atoms with Crippen LogP contribution in [0.1, 0.15) is 26.3 Å². The molecule has 0 aliphatic heterocycles. The Morgan fingerprint density at radius 2 is 2.00 bits per heavy atom. The number of esters is 1. The predicted octanol–water partition coefficient (Wildman–Crippen LogP) is 2.38. The van der Waals surface area contributed by atoms with Crippen LogP contribution in [0.5, 0.6) is 11.5 Å². The van der Waals surface area contributed by atoms with Gasteiger partial charge in [-0.2, -0.15) is 0 Å². The molecular formula is C16H25NO4. The molecule has 1 unspecified atom stereocenters. The van der Waals surface area contributed by atoms with Gasteiger partial charge in [0.25, 0.3) is 0 Å². The molecule has 0 heterocycles. The summed E-state index contributed by atoms with van der Waals surface area (Å²) < 4.78 is 15.8. The Morgan fingerprint density at radius 3 is 2.52 bits per heavy atom. The van der Waals surface area contributed by atoms with Gasteiger partial charge in [-0.15, -0.1) is 0 Å². The van der Waals surface area contributed by atoms with Gasteiger partial charge in [-0.05, 0) is 18.9 Å². The van der Waals surface area contributed by atoms with Crippen LogP contribution in [0.3, 0.4) is 0 Å². The van der Waals surface area contributed by atoms with Crippen LogP contribution in [0, 0.1) is 5.92 Å². The van der Waals surface area contributed by atoms with E-state index >= 15 is 0 Å². The topological polar surface area (TPSA) is 56.8 Å². The molecule has 0 aromatic heterocycles. The highest BCUT2D eigenvalue weighted by Crippen LogP contribution is 2.31. The second-order valence-electron chi connectivity index (χ2n) is 5.01. The van der Waals surface area contributed by atoms with Crippen LogP contribution in [0.2, 0.25) is 0 Å². The van der Waals surface area contributed by atoms with Crippen LogP contribution in [-0.4, -0.2) is 32.8 Å². The summed E-state index contributed by atoms with van der Waals surface area (Å²) in [6.45, 7) is 6.95. The average molecular weight is 295 g/mol. The Balaban J connectivity index is 2.87. The fourth-order valence-corrected chi connectivity index (χ4v) is 2.14. The van der Waals surface area contributed by atoms with Crippen molar-refractivity contribution in [2.24, 2.45) is 5.92 Å². The number of ether oxygens (including phenoxy) is 3. The first kappa shape index (κ1) is 17.3. The summed E-state index contributed by atoms with van der Waals surface area (Å²) in [6, 6.07) is 5.37. The lowest BCUT2D eigenvalue weighted by molar-refractivity contribution is -0.144. The van der Waals surface area contributed by atoms with E-state index in [-0.39, 0.29) is 17.9 Å². The molecule has 5 nitrogen and oxygen atoms in total. The molecule has 21 heavy (non-hydrogen) atoms. The molecule has 0 fully saturated rings. The summed E-state index contributed by atoms with van der Waals surface area (Å²) in [4.78, 5) is 11.8. The molecule has 0 amide bonds. The maximum Gasteiger partial charge on any atom is 0.323 e. The van der Waals surface area contributed by atoms with E-state index in [2.05, 4.69) is 5.32 Å². The minimum atomic E-state index is -0.351. The summed E-state index contributed by atoms with van der Waals surface area (Å²) in [5.74, 6) is 1.28. The molecule has 0 radical (unpaired) electrons. The number of methoxy groups -OCH3 is 2. The van der Waals surface area contributed by atoms with Gasteiger partial charge < -0.3 is 14.2 Å². The van der Waals surface area contributed by atoms with Crippen LogP contribution >= 0.6 is 0 Å². The lowest BCUT2D eigenvalue weighted by Gasteiger charge is -2.21. The van der Waals surface area contributed by atoms with Gasteiger partial charge >= 0.3 is 5.97 Å². The monoisotopic (exact) mass is 295 g/mol. The van der Waals surface area contributed by atoms with Gasteiger partial charge in [0.05, 0.1) is 20.8 Å². The van der Waals surface area contributed by atoms with E-state index in [1.54, 1.807) is 7.11 Å². The maximum absolute atomic E-state index is 11.8. The Morgan fingerprint density at radius 1 is 1.29 bits per heavy atom. The number of rotatable bonds is 8. The van der Waals surface area contributed by atoms with Crippen LogP contribution < -0.4 is 14.8 Å². The Labute approximate surface area is 126 Å². The molecule has 0 aliphatic carbocycles. The highest BCUT2D eigenvalue weighted by Gasteiger charge is 2.23. The summed E-state index contributed by atoms with van der Waals surface area (Å²) in [5.41, 5.74) is 0.943. The predicted molar refractivity (Wildman–Crippen MR) is 81.6 cm³/mol. The number of carbonyl (C=O) groups is 1. The molecule has 1 atom stereocenters. The van der Waals surface area contributed by atoms with Gasteiger partial charge in [0.2, 0.25) is 0 Å². The standard InChI is InChI=1S/C16H25NO4/c1-6-21-13-9-7-8-12(15(13)19-4)10-17-14(11(2)3)16(18)20-5/h7-9,11,14,17H,6,10H2,1-5H3. The summed E-state index contributed by atoms with van der Waals surface area (Å²) in [5, 5.41) is 3.22. The van der Waals surface area contributed by atoms with Gasteiger partial charge in [-0.1, -0.05) is 26.0 Å². The minimum Gasteiger partial charge on any atom is -0.493 e. The van der Waals surface area contributed by atoms with Crippen LogP contribution in [0.25, 0.3) is 0 Å². The van der Waals surface area contributed by atoms with E-state index in [0.29, 0.717) is 24.7 Å². The van der Waals surface area contributed by atoms with Gasteiger partial charge in [0.15, 0.2) is 11.5 Å². The fraction of sp³-hybridized carbons (Fsp3) is 0.562. The van der Waals surface area contributed by atoms with Gasteiger partial charge in [0, 0.05) is 12.1 Å². The normalized spacial score (nSPS) is 12.1. The molecule has 5 heteroatoms. The molecule has 1 aromatic carbocycles. The molecular weight excluding hydrogens is 270 g/mol. The smallest absolute Gasteiger partial charge is 0.323 e. The number of hydrogen-bond acceptors (Lipinski definition) is 5. The second-order valence-corrected chi connectivity index (χ2v) is 5.01. The second kappa shape index (κ2) is 8.52. The lowest BCUT2D eigenvalue weighted by atomic mass is 10.0. The van der Waals surface area contributed by atoms with Crippen LogP contribution in [0.4, 0.5) is 0 Å². The van der Waals surface area contributed by atoms with Gasteiger partial charge in [-0.25, -0.2) is 0 Å². The first-order valence-corrected chi connectivity index (χ1v) is 7.15. The van der Waals surface area contributed by atoms with E-state index in [4.69, 9.17) is 14.2 Å². The molecule has 1 rings (SSSR count). The first-order chi connectivity index (χ1) is 10.0. The van der Waals surface area contributed by atoms with Crippen LogP contribution in [0.15, 0.2) is 18.2 Å². The van der Waals surface area contributed by atoms with Gasteiger partial charge in [-0.3, -0.25) is 10.1 Å². The third kappa shape index (κ3) is 4.63. The summed E-state index contributed by atoms with van der Waals surface area (Å²) in [7, 11) is 3.01. The van der Waals surface area contributed by atoms with E-state index in [1.807, 2.05) is 39.0 Å². The fourth-order valence-electron chi connectivity index (χ4n) is 2.14. The largest absolute Gasteiger partial charge is 0.493 e. The van der Waals surface area contributed by atoms with E-state index < -0.39 is 0 Å². The van der Waals surface area contributed by atoms with Crippen molar-refractivity contribution >= 4 is 5.97 Å². The number of benzene rings is 1. The van der Waals surface area contributed by atoms with Gasteiger partial charge in [0.1, 0.15) is 6.04 Å². The zero-order valence-electron chi connectivity index (χ0n) is 13.4. The zero-order chi connectivity index (χ0) is 15.8. The Bertz CT molecular complexity index is 460. The average Bonchev–Trinajstić information content (AvgIpc) is 2.47. The summed E-state index contributed by atoms with van der Waals surface area (Å²) >= 11 is 0. The molecule has 1 N–H and O–H groups in total. The lowest BCUT2D eigenvalue weighted by Crippen LogP contribution is -2.41. The molecule has 0 aliphatic rings. The van der Waals surface area contributed by atoms with Crippen LogP contribution in [-0.2, 0) is 16.1 Å². The van der Waals surface area contributed by atoms with E-state index in [9.17, 15) is 4.79 Å². The highest BCUT2D eigenvalue weighted by atomic mass is 16.5. The molecule has 118 valence electrons. The minimum absolute atomic E-state index is 0.138. The quantitative estimate of drug-likeness (QED) is 0.746. The third-order valence-electron chi connectivity index (χ3n) is 3.20. The number of hydrogen-bond donors (Lipinski definition) is 1. The number of carbonyl (C=O) groups excluding carboxylic acids is 1. The van der Waals surface area contributed by atoms with Crippen molar-refractivity contribution in [3.8, 4) is 11.5 Å².